The zero-order valence-electron chi connectivity index (χ0n) is 15.8. The Morgan fingerprint density at radius 2 is 1.79 bits per heavy atom. The zero-order valence-corrected chi connectivity index (χ0v) is 15.8. The summed E-state index contributed by atoms with van der Waals surface area (Å²) in [4.78, 5) is 0. The number of hydrogen-bond acceptors (Lipinski definition) is 2. The van der Waals surface area contributed by atoms with Gasteiger partial charge in [-0.25, -0.2) is 8.78 Å². The Bertz CT molecular complexity index is 422. The number of aliphatic hydroxyl groups is 2. The molecule has 142 valence electrons. The first-order chi connectivity index (χ1) is 11.1. The molecule has 0 spiro atoms. The Hall–Kier alpha value is -0.220. The number of aliphatic hydroxyl groups excluding tert-OH is 1. The summed E-state index contributed by atoms with van der Waals surface area (Å²) in [6.07, 6.45) is 5.25. The third-order valence-corrected chi connectivity index (χ3v) is 7.61. The summed E-state index contributed by atoms with van der Waals surface area (Å²) < 4.78 is 29.0. The molecule has 0 bridgehead atoms. The molecule has 0 unspecified atom stereocenters. The van der Waals surface area contributed by atoms with Crippen LogP contribution in [0, 0.1) is 23.2 Å². The first-order valence-corrected chi connectivity index (χ1v) is 9.89. The highest BCUT2D eigenvalue weighted by Crippen LogP contribution is 2.58. The van der Waals surface area contributed by atoms with Crippen LogP contribution in [0.4, 0.5) is 8.78 Å². The molecule has 2 aliphatic carbocycles. The third kappa shape index (κ3) is 3.38. The van der Waals surface area contributed by atoms with E-state index in [2.05, 4.69) is 13.8 Å². The van der Waals surface area contributed by atoms with Crippen LogP contribution in [0.2, 0.25) is 0 Å². The van der Waals surface area contributed by atoms with E-state index >= 15 is 0 Å². The molecule has 2 rings (SSSR count). The molecule has 0 heterocycles. The summed E-state index contributed by atoms with van der Waals surface area (Å²) in [5.74, 6) is -2.09. The molecule has 2 saturated carbocycles. The summed E-state index contributed by atoms with van der Waals surface area (Å²) in [6.45, 7) is 7.62. The number of alkyl halides is 2. The largest absolute Gasteiger partial charge is 0.393 e. The fourth-order valence-electron chi connectivity index (χ4n) is 5.73. The Morgan fingerprint density at radius 3 is 2.38 bits per heavy atom. The number of rotatable bonds is 7. The molecule has 0 amide bonds. The number of halogens is 2. The van der Waals surface area contributed by atoms with Gasteiger partial charge in [0.15, 0.2) is 0 Å². The second kappa shape index (κ2) is 7.19. The molecule has 2 aliphatic rings. The Morgan fingerprint density at radius 1 is 1.17 bits per heavy atom. The van der Waals surface area contributed by atoms with Crippen LogP contribution in [0.15, 0.2) is 0 Å². The van der Waals surface area contributed by atoms with E-state index in [4.69, 9.17) is 0 Å². The van der Waals surface area contributed by atoms with Crippen LogP contribution < -0.4 is 0 Å². The normalized spacial score (nSPS) is 35.8. The number of hydrogen-bond donors (Lipinski definition) is 2. The van der Waals surface area contributed by atoms with Gasteiger partial charge in [-0.05, 0) is 68.1 Å². The standard InChI is InChI=1S/C20H36F2O2/c1-5-19(24,6-2)20(21,22)13-11-14(3)15-9-10-16-17(23)8-7-12-18(15,16)4/h14-17,23-24H,5-13H2,1-4H3/t14-,15-,16+,17+,18-/m1/s1. The van der Waals surface area contributed by atoms with Gasteiger partial charge in [-0.3, -0.25) is 0 Å². The number of fused-ring (bicyclic) bond motifs is 1. The van der Waals surface area contributed by atoms with Crippen molar-refractivity contribution in [1.29, 1.82) is 0 Å². The minimum Gasteiger partial charge on any atom is -0.393 e. The zero-order chi connectivity index (χ0) is 18.2. The minimum atomic E-state index is -3.03. The van der Waals surface area contributed by atoms with Crippen LogP contribution in [0.1, 0.15) is 85.5 Å². The van der Waals surface area contributed by atoms with Crippen molar-refractivity contribution in [2.45, 2.75) is 103 Å². The molecule has 0 aliphatic heterocycles. The van der Waals surface area contributed by atoms with Crippen molar-refractivity contribution in [2.75, 3.05) is 0 Å². The molecule has 5 atom stereocenters. The van der Waals surface area contributed by atoms with E-state index in [1.165, 1.54) is 0 Å². The Kier molecular flexibility index (Phi) is 6.02. The van der Waals surface area contributed by atoms with Crippen LogP contribution in [-0.2, 0) is 0 Å². The maximum absolute atomic E-state index is 14.5. The second-order valence-corrected chi connectivity index (χ2v) is 8.71. The Labute approximate surface area is 146 Å². The van der Waals surface area contributed by atoms with Gasteiger partial charge < -0.3 is 10.2 Å². The molecule has 0 aromatic heterocycles. The average Bonchev–Trinajstić information content (AvgIpc) is 2.90. The van der Waals surface area contributed by atoms with Crippen LogP contribution in [0.5, 0.6) is 0 Å². The highest BCUT2D eigenvalue weighted by molar-refractivity contribution is 5.02. The fourth-order valence-corrected chi connectivity index (χ4v) is 5.73. The maximum atomic E-state index is 14.5. The quantitative estimate of drug-likeness (QED) is 0.668. The topological polar surface area (TPSA) is 40.5 Å². The van der Waals surface area contributed by atoms with Gasteiger partial charge in [0.2, 0.25) is 0 Å². The van der Waals surface area contributed by atoms with E-state index in [-0.39, 0.29) is 36.7 Å². The van der Waals surface area contributed by atoms with Crippen LogP contribution in [0.25, 0.3) is 0 Å². The molecule has 2 nitrogen and oxygen atoms in total. The van der Waals surface area contributed by atoms with Crippen molar-refractivity contribution in [1.82, 2.24) is 0 Å². The minimum absolute atomic E-state index is 0.0836. The lowest BCUT2D eigenvalue weighted by molar-refractivity contribution is -0.190. The monoisotopic (exact) mass is 346 g/mol. The van der Waals surface area contributed by atoms with Crippen molar-refractivity contribution in [3.05, 3.63) is 0 Å². The lowest BCUT2D eigenvalue weighted by atomic mass is 9.61. The molecule has 2 fully saturated rings. The first-order valence-electron chi connectivity index (χ1n) is 9.89. The molecule has 24 heavy (non-hydrogen) atoms. The molecular weight excluding hydrogens is 310 g/mol. The summed E-state index contributed by atoms with van der Waals surface area (Å²) in [5.41, 5.74) is -1.78. The van der Waals surface area contributed by atoms with E-state index in [0.29, 0.717) is 18.3 Å². The smallest absolute Gasteiger partial charge is 0.276 e. The predicted octanol–water partition coefficient (Wildman–Crippen LogP) is 5.17. The molecule has 0 radical (unpaired) electrons. The van der Waals surface area contributed by atoms with Gasteiger partial charge in [-0.15, -0.1) is 0 Å². The van der Waals surface area contributed by atoms with Crippen molar-refractivity contribution in [3.63, 3.8) is 0 Å². The molecular formula is C20H36F2O2. The SMILES string of the molecule is CCC(O)(CC)C(F)(F)CC[C@@H](C)[C@H]1CC[C@H]2[C@@H](O)CCC[C@]12C. The fraction of sp³-hybridized carbons (Fsp3) is 1.00. The van der Waals surface area contributed by atoms with Gasteiger partial charge in [0.05, 0.1) is 6.10 Å². The van der Waals surface area contributed by atoms with Crippen LogP contribution >= 0.6 is 0 Å². The molecule has 0 aromatic rings. The van der Waals surface area contributed by atoms with Gasteiger partial charge in [-0.2, -0.15) is 0 Å². The summed E-state index contributed by atoms with van der Waals surface area (Å²) in [5, 5.41) is 20.5. The van der Waals surface area contributed by atoms with E-state index < -0.39 is 11.5 Å². The first kappa shape index (κ1) is 20.1. The lowest BCUT2D eigenvalue weighted by Crippen LogP contribution is -2.47. The van der Waals surface area contributed by atoms with E-state index in [0.717, 1.165) is 32.1 Å². The molecule has 0 saturated heterocycles. The van der Waals surface area contributed by atoms with Crippen molar-refractivity contribution >= 4 is 0 Å². The van der Waals surface area contributed by atoms with E-state index in [1.54, 1.807) is 13.8 Å². The molecule has 0 aromatic carbocycles. The maximum Gasteiger partial charge on any atom is 0.276 e. The van der Waals surface area contributed by atoms with Crippen molar-refractivity contribution in [3.8, 4) is 0 Å². The second-order valence-electron chi connectivity index (χ2n) is 8.71. The van der Waals surface area contributed by atoms with Crippen LogP contribution in [0.3, 0.4) is 0 Å². The van der Waals surface area contributed by atoms with Gasteiger partial charge >= 0.3 is 0 Å². The van der Waals surface area contributed by atoms with Crippen LogP contribution in [-0.4, -0.2) is 27.8 Å². The highest BCUT2D eigenvalue weighted by atomic mass is 19.3. The van der Waals surface area contributed by atoms with Gasteiger partial charge in [0.1, 0.15) is 5.60 Å². The van der Waals surface area contributed by atoms with E-state index in [1.807, 2.05) is 0 Å². The van der Waals surface area contributed by atoms with Gasteiger partial charge in [0, 0.05) is 6.42 Å². The van der Waals surface area contributed by atoms with Crippen molar-refractivity contribution < 1.29 is 19.0 Å². The predicted molar refractivity (Wildman–Crippen MR) is 93.1 cm³/mol. The van der Waals surface area contributed by atoms with Crippen molar-refractivity contribution in [2.24, 2.45) is 23.2 Å². The summed E-state index contributed by atoms with van der Waals surface area (Å²) >= 11 is 0. The van der Waals surface area contributed by atoms with E-state index in [9.17, 15) is 19.0 Å². The van der Waals surface area contributed by atoms with Gasteiger partial charge in [0.25, 0.3) is 5.92 Å². The Balaban J connectivity index is 2.01. The summed E-state index contributed by atoms with van der Waals surface area (Å²) in [7, 11) is 0. The average molecular weight is 347 g/mol. The lowest BCUT2D eigenvalue weighted by Gasteiger charge is -2.45. The molecule has 2 N–H and O–H groups in total. The third-order valence-electron chi connectivity index (χ3n) is 7.61. The van der Waals surface area contributed by atoms with Gasteiger partial charge in [-0.1, -0.05) is 34.1 Å². The highest BCUT2D eigenvalue weighted by Gasteiger charge is 2.53. The molecule has 4 heteroatoms. The summed E-state index contributed by atoms with van der Waals surface area (Å²) in [6, 6.07) is 0.